The van der Waals surface area contributed by atoms with Crippen LogP contribution in [-0.4, -0.2) is 41.7 Å². The van der Waals surface area contributed by atoms with E-state index in [1.54, 1.807) is 21.3 Å². The maximum atomic E-state index is 5.62. The lowest BCUT2D eigenvalue weighted by atomic mass is 10.1. The summed E-state index contributed by atoms with van der Waals surface area (Å²) in [6, 6.07) is 3.62. The number of benzene rings is 1. The molecule has 0 aromatic heterocycles. The highest BCUT2D eigenvalue weighted by atomic mass is 16.7. The molecule has 1 aromatic carbocycles. The molecule has 0 aliphatic carbocycles. The summed E-state index contributed by atoms with van der Waals surface area (Å²) in [4.78, 5) is 0. The summed E-state index contributed by atoms with van der Waals surface area (Å²) in [5, 5.41) is 0. The van der Waals surface area contributed by atoms with Crippen LogP contribution in [0.1, 0.15) is 18.9 Å². The second-order valence-corrected chi connectivity index (χ2v) is 4.30. The molecule has 0 saturated heterocycles. The lowest BCUT2D eigenvalue weighted by Gasteiger charge is -2.17. The van der Waals surface area contributed by atoms with Gasteiger partial charge in [0.2, 0.25) is 0 Å². The van der Waals surface area contributed by atoms with Gasteiger partial charge in [0.1, 0.15) is 17.2 Å². The Bertz CT molecular complexity index is 378. The third kappa shape index (κ3) is 5.79. The highest BCUT2D eigenvalue weighted by Crippen LogP contribution is 2.35. The first-order valence-electron chi connectivity index (χ1n) is 6.78. The van der Waals surface area contributed by atoms with E-state index in [-0.39, 0.29) is 20.4 Å². The molecule has 0 atom stereocenters. The summed E-state index contributed by atoms with van der Waals surface area (Å²) in [5.41, 5.74) is 0.969. The molecule has 0 heterocycles. The molecule has 0 N–H and O–H groups in total. The molecule has 0 aliphatic heterocycles. The normalized spacial score (nSPS) is 10.5. The van der Waals surface area contributed by atoms with E-state index in [0.717, 1.165) is 18.4 Å². The lowest BCUT2D eigenvalue weighted by Crippen LogP contribution is -2.07. The van der Waals surface area contributed by atoms with E-state index >= 15 is 0 Å². The average molecular weight is 300 g/mol. The van der Waals surface area contributed by atoms with Crippen molar-refractivity contribution in [2.45, 2.75) is 19.8 Å². The summed E-state index contributed by atoms with van der Waals surface area (Å²) in [6.45, 7) is 2.57. The fourth-order valence-corrected chi connectivity index (χ4v) is 1.80. The predicted octanol–water partition coefficient (Wildman–Crippen LogP) is 2.59. The van der Waals surface area contributed by atoms with Gasteiger partial charge in [-0.2, -0.15) is 0 Å². The molecule has 6 heteroatoms. The SMILES string of the molecule is CCCc1c(OCOC)cc(OCOC)cc1OCOC. The van der Waals surface area contributed by atoms with E-state index in [1.165, 1.54) is 0 Å². The van der Waals surface area contributed by atoms with Crippen LogP contribution in [0, 0.1) is 0 Å². The van der Waals surface area contributed by atoms with Gasteiger partial charge >= 0.3 is 0 Å². The Kier molecular flexibility index (Phi) is 8.57. The minimum absolute atomic E-state index is 0.153. The number of hydrogen-bond acceptors (Lipinski definition) is 6. The Labute approximate surface area is 125 Å². The first-order valence-corrected chi connectivity index (χ1v) is 6.78. The van der Waals surface area contributed by atoms with Gasteiger partial charge in [-0.25, -0.2) is 0 Å². The molecule has 120 valence electrons. The molecular formula is C15H24O6. The topological polar surface area (TPSA) is 55.4 Å². The molecule has 0 aliphatic rings. The van der Waals surface area contributed by atoms with Gasteiger partial charge in [-0.1, -0.05) is 13.3 Å². The first kappa shape index (κ1) is 17.6. The zero-order valence-corrected chi connectivity index (χ0v) is 13.1. The smallest absolute Gasteiger partial charge is 0.188 e. The Morgan fingerprint density at radius 2 is 1.24 bits per heavy atom. The molecule has 1 rings (SSSR count). The number of hydrogen-bond donors (Lipinski definition) is 0. The largest absolute Gasteiger partial charge is 0.467 e. The third-order valence-electron chi connectivity index (χ3n) is 2.65. The van der Waals surface area contributed by atoms with Gasteiger partial charge in [-0.3, -0.25) is 0 Å². The van der Waals surface area contributed by atoms with Gasteiger partial charge in [0.25, 0.3) is 0 Å². The van der Waals surface area contributed by atoms with Crippen molar-refractivity contribution in [1.29, 1.82) is 0 Å². The van der Waals surface area contributed by atoms with Gasteiger partial charge in [0, 0.05) is 39.0 Å². The van der Waals surface area contributed by atoms with Crippen LogP contribution in [0.2, 0.25) is 0 Å². The number of methoxy groups -OCH3 is 3. The van der Waals surface area contributed by atoms with Crippen molar-refractivity contribution in [2.24, 2.45) is 0 Å². The molecule has 6 nitrogen and oxygen atoms in total. The number of ether oxygens (including phenoxy) is 6. The van der Waals surface area contributed by atoms with Crippen LogP contribution in [0.25, 0.3) is 0 Å². The Balaban J connectivity index is 3.07. The van der Waals surface area contributed by atoms with Crippen molar-refractivity contribution >= 4 is 0 Å². The lowest BCUT2D eigenvalue weighted by molar-refractivity contribution is 0.0399. The van der Waals surface area contributed by atoms with E-state index in [4.69, 9.17) is 28.4 Å². The molecule has 0 saturated carbocycles. The summed E-state index contributed by atoms with van der Waals surface area (Å²) in [5.74, 6) is 1.96. The minimum Gasteiger partial charge on any atom is -0.467 e. The maximum absolute atomic E-state index is 5.62. The molecule has 0 radical (unpaired) electrons. The van der Waals surface area contributed by atoms with Crippen molar-refractivity contribution in [2.75, 3.05) is 41.7 Å². The molecule has 1 aromatic rings. The zero-order valence-electron chi connectivity index (χ0n) is 13.1. The van der Waals surface area contributed by atoms with E-state index < -0.39 is 0 Å². The van der Waals surface area contributed by atoms with Crippen molar-refractivity contribution in [3.63, 3.8) is 0 Å². The van der Waals surface area contributed by atoms with Crippen molar-refractivity contribution in [1.82, 2.24) is 0 Å². The molecule has 0 bridgehead atoms. The maximum Gasteiger partial charge on any atom is 0.188 e. The number of rotatable bonds is 11. The van der Waals surface area contributed by atoms with Crippen LogP contribution >= 0.6 is 0 Å². The Morgan fingerprint density at radius 3 is 1.67 bits per heavy atom. The molecule has 21 heavy (non-hydrogen) atoms. The van der Waals surface area contributed by atoms with Crippen molar-refractivity contribution in [3.8, 4) is 17.2 Å². The van der Waals surface area contributed by atoms with Gasteiger partial charge in [-0.05, 0) is 6.42 Å². The molecule has 0 unspecified atom stereocenters. The Hall–Kier alpha value is -1.50. The minimum atomic E-state index is 0.153. The third-order valence-corrected chi connectivity index (χ3v) is 2.65. The molecule has 0 spiro atoms. The predicted molar refractivity (Wildman–Crippen MR) is 77.9 cm³/mol. The van der Waals surface area contributed by atoms with Gasteiger partial charge < -0.3 is 28.4 Å². The van der Waals surface area contributed by atoms with E-state index in [2.05, 4.69) is 6.92 Å². The summed E-state index contributed by atoms with van der Waals surface area (Å²) in [7, 11) is 4.72. The first-order chi connectivity index (χ1) is 10.3. The summed E-state index contributed by atoms with van der Waals surface area (Å²) in [6.07, 6.45) is 1.79. The fraction of sp³-hybridized carbons (Fsp3) is 0.600. The van der Waals surface area contributed by atoms with Crippen LogP contribution in [0.4, 0.5) is 0 Å². The van der Waals surface area contributed by atoms with E-state index in [9.17, 15) is 0 Å². The monoisotopic (exact) mass is 300 g/mol. The molecule has 0 amide bonds. The Morgan fingerprint density at radius 1 is 0.762 bits per heavy atom. The molecular weight excluding hydrogens is 276 g/mol. The summed E-state index contributed by atoms with van der Waals surface area (Å²) < 4.78 is 31.5. The van der Waals surface area contributed by atoms with Crippen LogP contribution in [0.3, 0.4) is 0 Å². The summed E-state index contributed by atoms with van der Waals surface area (Å²) >= 11 is 0. The second kappa shape index (κ2) is 10.3. The van der Waals surface area contributed by atoms with Crippen LogP contribution in [0.15, 0.2) is 12.1 Å². The average Bonchev–Trinajstić information content (AvgIpc) is 2.50. The van der Waals surface area contributed by atoms with Gasteiger partial charge in [0.15, 0.2) is 20.4 Å². The van der Waals surface area contributed by atoms with Gasteiger partial charge in [-0.15, -0.1) is 0 Å². The van der Waals surface area contributed by atoms with Crippen molar-refractivity contribution in [3.05, 3.63) is 17.7 Å². The van der Waals surface area contributed by atoms with Crippen LogP contribution in [-0.2, 0) is 20.6 Å². The van der Waals surface area contributed by atoms with Crippen molar-refractivity contribution < 1.29 is 28.4 Å². The van der Waals surface area contributed by atoms with Crippen LogP contribution in [0.5, 0.6) is 17.2 Å². The van der Waals surface area contributed by atoms with Crippen LogP contribution < -0.4 is 14.2 Å². The van der Waals surface area contributed by atoms with E-state index in [0.29, 0.717) is 17.2 Å². The van der Waals surface area contributed by atoms with E-state index in [1.807, 2.05) is 12.1 Å². The second-order valence-electron chi connectivity index (χ2n) is 4.30. The highest BCUT2D eigenvalue weighted by Gasteiger charge is 2.14. The van der Waals surface area contributed by atoms with Gasteiger partial charge in [0.05, 0.1) is 0 Å². The quantitative estimate of drug-likeness (QED) is 0.586. The standard InChI is InChI=1S/C15H24O6/c1-5-6-13-14(20-10-17-3)7-12(19-9-16-2)8-15(13)21-11-18-4/h7-8H,5-6,9-11H2,1-4H3. The zero-order chi connectivity index (χ0) is 15.5. The molecule has 0 fully saturated rings. The fourth-order valence-electron chi connectivity index (χ4n) is 1.80. The highest BCUT2D eigenvalue weighted by molar-refractivity contribution is 5.50.